The number of imidazole rings is 1. The average Bonchev–Trinajstić information content (AvgIpc) is 3.08. The van der Waals surface area contributed by atoms with E-state index in [9.17, 15) is 0 Å². The minimum Gasteiger partial charge on any atom is -0.497 e. The van der Waals surface area contributed by atoms with Crippen molar-refractivity contribution in [1.82, 2.24) is 9.97 Å². The van der Waals surface area contributed by atoms with E-state index in [1.165, 1.54) is 16.3 Å². The Morgan fingerprint density at radius 2 is 1.84 bits per heavy atom. The summed E-state index contributed by atoms with van der Waals surface area (Å²) in [5, 5.41) is 5.84. The van der Waals surface area contributed by atoms with Crippen LogP contribution in [0.5, 0.6) is 5.75 Å². The van der Waals surface area contributed by atoms with E-state index in [1.54, 1.807) is 7.11 Å². The molecule has 4 rings (SSSR count). The summed E-state index contributed by atoms with van der Waals surface area (Å²) in [4.78, 5) is 7.88. The molecule has 0 amide bonds. The van der Waals surface area contributed by atoms with Gasteiger partial charge >= 0.3 is 0 Å². The molecule has 4 aromatic rings. The number of nitrogens with zero attached hydrogens (tertiary/aromatic N) is 1. The molecular formula is C21H21N3O. The summed E-state index contributed by atoms with van der Waals surface area (Å²) in [5.41, 5.74) is 3.34. The van der Waals surface area contributed by atoms with Crippen molar-refractivity contribution in [3.8, 4) is 5.75 Å². The molecule has 4 heteroatoms. The van der Waals surface area contributed by atoms with Crippen LogP contribution in [-0.2, 0) is 0 Å². The number of aromatic amines is 1. The minimum atomic E-state index is 0.375. The topological polar surface area (TPSA) is 49.9 Å². The highest BCUT2D eigenvalue weighted by atomic mass is 16.5. The number of para-hydroxylation sites is 2. The van der Waals surface area contributed by atoms with Crippen LogP contribution in [0.3, 0.4) is 0 Å². The summed E-state index contributed by atoms with van der Waals surface area (Å²) in [6.45, 7) is 3.04. The molecule has 3 aromatic carbocycles. The number of hydrogen-bond acceptors (Lipinski definition) is 3. The van der Waals surface area contributed by atoms with Gasteiger partial charge in [-0.25, -0.2) is 4.98 Å². The zero-order chi connectivity index (χ0) is 17.2. The molecule has 2 N–H and O–H groups in total. The summed E-state index contributed by atoms with van der Waals surface area (Å²) in [6, 6.07) is 20.8. The van der Waals surface area contributed by atoms with Gasteiger partial charge in [0.15, 0.2) is 0 Å². The molecule has 0 aliphatic carbocycles. The van der Waals surface area contributed by atoms with Crippen LogP contribution in [0.4, 0.5) is 5.95 Å². The number of aromatic nitrogens is 2. The molecule has 0 saturated carbocycles. The predicted octanol–water partition coefficient (Wildman–Crippen LogP) is 4.94. The lowest BCUT2D eigenvalue weighted by Crippen LogP contribution is -2.10. The zero-order valence-electron chi connectivity index (χ0n) is 14.4. The van der Waals surface area contributed by atoms with Crippen molar-refractivity contribution >= 4 is 27.8 Å². The van der Waals surface area contributed by atoms with Crippen molar-refractivity contribution < 1.29 is 4.74 Å². The Morgan fingerprint density at radius 3 is 2.68 bits per heavy atom. The second kappa shape index (κ2) is 6.48. The number of rotatable bonds is 5. The first-order valence-electron chi connectivity index (χ1n) is 8.49. The lowest BCUT2D eigenvalue weighted by atomic mass is 9.97. The highest BCUT2D eigenvalue weighted by Gasteiger charge is 2.08. The Hall–Kier alpha value is -3.01. The van der Waals surface area contributed by atoms with Crippen molar-refractivity contribution in [2.75, 3.05) is 19.0 Å². The fourth-order valence-electron chi connectivity index (χ4n) is 3.08. The molecule has 0 spiro atoms. The summed E-state index contributed by atoms with van der Waals surface area (Å²) in [7, 11) is 1.70. The van der Waals surface area contributed by atoms with Gasteiger partial charge in [-0.2, -0.15) is 0 Å². The third-order valence-electron chi connectivity index (χ3n) is 4.61. The van der Waals surface area contributed by atoms with Crippen LogP contribution in [0.15, 0.2) is 60.7 Å². The van der Waals surface area contributed by atoms with Crippen LogP contribution < -0.4 is 10.1 Å². The molecule has 4 nitrogen and oxygen atoms in total. The number of methoxy groups -OCH3 is 1. The second-order valence-electron chi connectivity index (χ2n) is 6.36. The monoisotopic (exact) mass is 331 g/mol. The maximum Gasteiger partial charge on any atom is 0.201 e. The lowest BCUT2D eigenvalue weighted by Gasteiger charge is -2.14. The molecule has 1 atom stereocenters. The Kier molecular flexibility index (Phi) is 4.02. The summed E-state index contributed by atoms with van der Waals surface area (Å²) >= 11 is 0. The highest BCUT2D eigenvalue weighted by molar-refractivity contribution is 5.84. The number of hydrogen-bond donors (Lipinski definition) is 2. The number of ether oxygens (including phenoxy) is 1. The quantitative estimate of drug-likeness (QED) is 0.544. The Morgan fingerprint density at radius 1 is 1.04 bits per heavy atom. The largest absolute Gasteiger partial charge is 0.497 e. The number of anilines is 1. The van der Waals surface area contributed by atoms with E-state index in [4.69, 9.17) is 4.74 Å². The maximum atomic E-state index is 5.29. The van der Waals surface area contributed by atoms with Crippen molar-refractivity contribution in [2.45, 2.75) is 12.8 Å². The van der Waals surface area contributed by atoms with Crippen LogP contribution in [0.1, 0.15) is 18.4 Å². The fraction of sp³-hybridized carbons (Fsp3) is 0.190. The Bertz CT molecular complexity index is 989. The van der Waals surface area contributed by atoms with Crippen LogP contribution >= 0.6 is 0 Å². The molecule has 0 saturated heterocycles. The number of H-pyrrole nitrogens is 1. The van der Waals surface area contributed by atoms with Gasteiger partial charge in [0.1, 0.15) is 5.75 Å². The first kappa shape index (κ1) is 15.5. The fourth-order valence-corrected chi connectivity index (χ4v) is 3.08. The van der Waals surface area contributed by atoms with E-state index in [0.29, 0.717) is 5.92 Å². The van der Waals surface area contributed by atoms with E-state index in [-0.39, 0.29) is 0 Å². The normalized spacial score (nSPS) is 12.4. The highest BCUT2D eigenvalue weighted by Crippen LogP contribution is 2.25. The molecule has 126 valence electrons. The van der Waals surface area contributed by atoms with Gasteiger partial charge in [-0.15, -0.1) is 0 Å². The van der Waals surface area contributed by atoms with Crippen LogP contribution in [0.2, 0.25) is 0 Å². The van der Waals surface area contributed by atoms with Crippen molar-refractivity contribution in [2.24, 2.45) is 0 Å². The van der Waals surface area contributed by atoms with Gasteiger partial charge in [0.05, 0.1) is 18.1 Å². The van der Waals surface area contributed by atoms with Gasteiger partial charge in [0.2, 0.25) is 5.95 Å². The minimum absolute atomic E-state index is 0.375. The summed E-state index contributed by atoms with van der Waals surface area (Å²) < 4.78 is 5.29. The van der Waals surface area contributed by atoms with Crippen molar-refractivity contribution in [3.05, 3.63) is 66.2 Å². The lowest BCUT2D eigenvalue weighted by molar-refractivity contribution is 0.415. The molecule has 0 radical (unpaired) electrons. The Labute approximate surface area is 146 Å². The smallest absolute Gasteiger partial charge is 0.201 e. The Balaban J connectivity index is 1.50. The van der Waals surface area contributed by atoms with Gasteiger partial charge in [0.25, 0.3) is 0 Å². The maximum absolute atomic E-state index is 5.29. The summed E-state index contributed by atoms with van der Waals surface area (Å²) in [5.74, 6) is 2.08. The third-order valence-corrected chi connectivity index (χ3v) is 4.61. The molecule has 1 heterocycles. The van der Waals surface area contributed by atoms with Crippen LogP contribution in [-0.4, -0.2) is 23.6 Å². The van der Waals surface area contributed by atoms with E-state index in [0.717, 1.165) is 29.3 Å². The molecule has 0 fully saturated rings. The summed E-state index contributed by atoms with van der Waals surface area (Å²) in [6.07, 6.45) is 0. The van der Waals surface area contributed by atoms with Gasteiger partial charge < -0.3 is 15.0 Å². The molecule has 1 aromatic heterocycles. The van der Waals surface area contributed by atoms with Crippen LogP contribution in [0, 0.1) is 0 Å². The van der Waals surface area contributed by atoms with E-state index in [2.05, 4.69) is 52.5 Å². The van der Waals surface area contributed by atoms with Crippen molar-refractivity contribution in [3.63, 3.8) is 0 Å². The molecule has 25 heavy (non-hydrogen) atoms. The SMILES string of the molecule is COc1ccc2cc(C(C)CNc3nc4ccccc4[nH]3)ccc2c1. The number of fused-ring (bicyclic) bond motifs is 2. The van der Waals surface area contributed by atoms with Gasteiger partial charge in [-0.1, -0.05) is 43.3 Å². The van der Waals surface area contributed by atoms with Gasteiger partial charge in [-0.3, -0.25) is 0 Å². The molecule has 0 aliphatic heterocycles. The third kappa shape index (κ3) is 3.15. The van der Waals surface area contributed by atoms with Gasteiger partial charge in [0, 0.05) is 6.54 Å². The van der Waals surface area contributed by atoms with Crippen molar-refractivity contribution in [1.29, 1.82) is 0 Å². The first-order valence-corrected chi connectivity index (χ1v) is 8.49. The average molecular weight is 331 g/mol. The standard InChI is InChI=1S/C21H21N3O/c1-14(13-22-21-23-19-5-3-4-6-20(19)24-21)15-7-8-17-12-18(25-2)10-9-16(17)11-15/h3-12,14H,13H2,1-2H3,(H2,22,23,24). The second-order valence-corrected chi connectivity index (χ2v) is 6.36. The van der Waals surface area contributed by atoms with E-state index < -0.39 is 0 Å². The zero-order valence-corrected chi connectivity index (χ0v) is 14.4. The van der Waals surface area contributed by atoms with Gasteiger partial charge in [-0.05, 0) is 46.5 Å². The van der Waals surface area contributed by atoms with Crippen LogP contribution in [0.25, 0.3) is 21.8 Å². The van der Waals surface area contributed by atoms with E-state index in [1.807, 2.05) is 30.3 Å². The number of benzene rings is 3. The first-order chi connectivity index (χ1) is 12.2. The molecule has 0 bridgehead atoms. The number of nitrogens with one attached hydrogen (secondary N) is 2. The van der Waals surface area contributed by atoms with E-state index >= 15 is 0 Å². The molecular weight excluding hydrogens is 310 g/mol. The molecule has 0 aliphatic rings. The predicted molar refractivity (Wildman–Crippen MR) is 103 cm³/mol. The molecule has 1 unspecified atom stereocenters.